The molecule has 0 aromatic carbocycles. The van der Waals surface area contributed by atoms with E-state index in [0.717, 1.165) is 25.9 Å². The normalized spacial score (nSPS) is 13.9. The van der Waals surface area contributed by atoms with Crippen LogP contribution in [0.25, 0.3) is 0 Å². The third kappa shape index (κ3) is 6.81. The van der Waals surface area contributed by atoms with Crippen LogP contribution in [-0.2, 0) is 6.54 Å². The van der Waals surface area contributed by atoms with Crippen LogP contribution in [0.5, 0.6) is 0 Å². The summed E-state index contributed by atoms with van der Waals surface area (Å²) in [5.41, 5.74) is 6.44. The molecule has 2 nitrogen and oxygen atoms in total. The van der Waals surface area contributed by atoms with Crippen LogP contribution in [0.1, 0.15) is 43.4 Å². The Kier molecular flexibility index (Phi) is 5.63. The Hall–Kier alpha value is -0.380. The second-order valence-electron chi connectivity index (χ2n) is 6.00. The van der Waals surface area contributed by atoms with E-state index in [-0.39, 0.29) is 0 Å². The lowest BCUT2D eigenvalue weighted by molar-refractivity contribution is 0.329. The van der Waals surface area contributed by atoms with Gasteiger partial charge in [0, 0.05) is 22.3 Å². The first kappa shape index (κ1) is 14.7. The fraction of sp³-hybridized carbons (Fsp3) is 0.714. The minimum atomic E-state index is 0.313. The summed E-state index contributed by atoms with van der Waals surface area (Å²) in [6.07, 6.45) is 2.15. The summed E-state index contributed by atoms with van der Waals surface area (Å²) in [5, 5.41) is 3.46. The van der Waals surface area contributed by atoms with Crippen LogP contribution in [0.3, 0.4) is 0 Å². The number of nitrogens with one attached hydrogen (secondary N) is 1. The van der Waals surface area contributed by atoms with Gasteiger partial charge < -0.3 is 11.1 Å². The highest BCUT2D eigenvalue weighted by atomic mass is 32.1. The fourth-order valence-electron chi connectivity index (χ4n) is 1.97. The maximum absolute atomic E-state index is 6.11. The molecule has 17 heavy (non-hydrogen) atoms. The van der Waals surface area contributed by atoms with E-state index in [1.54, 1.807) is 0 Å². The lowest BCUT2D eigenvalue weighted by Crippen LogP contribution is -2.30. The number of thiophene rings is 1. The van der Waals surface area contributed by atoms with Gasteiger partial charge in [0.25, 0.3) is 0 Å². The van der Waals surface area contributed by atoms with E-state index in [4.69, 9.17) is 5.73 Å². The predicted octanol–water partition coefficient (Wildman–Crippen LogP) is 3.30. The van der Waals surface area contributed by atoms with Crippen molar-refractivity contribution >= 4 is 11.3 Å². The van der Waals surface area contributed by atoms with Gasteiger partial charge in [-0.2, -0.15) is 0 Å². The number of rotatable bonds is 6. The molecule has 1 aromatic rings. The molecule has 0 fully saturated rings. The Morgan fingerprint density at radius 3 is 2.59 bits per heavy atom. The molecule has 0 aliphatic rings. The Morgan fingerprint density at radius 2 is 2.06 bits per heavy atom. The van der Waals surface area contributed by atoms with Gasteiger partial charge in [-0.05, 0) is 43.9 Å². The van der Waals surface area contributed by atoms with Crippen molar-refractivity contribution in [3.8, 4) is 0 Å². The molecule has 3 heteroatoms. The number of nitrogens with two attached hydrogens (primary N) is 1. The minimum absolute atomic E-state index is 0.313. The molecule has 0 saturated carbocycles. The molecule has 1 unspecified atom stereocenters. The first-order chi connectivity index (χ1) is 7.87. The largest absolute Gasteiger partial charge is 0.328 e. The second-order valence-corrected chi connectivity index (χ2v) is 7.38. The number of hydrogen-bond donors (Lipinski definition) is 2. The number of aryl methyl sites for hydroxylation is 1. The van der Waals surface area contributed by atoms with Gasteiger partial charge in [0.15, 0.2) is 0 Å². The fourth-order valence-corrected chi connectivity index (χ4v) is 2.83. The average molecular weight is 254 g/mol. The summed E-state index contributed by atoms with van der Waals surface area (Å²) in [6, 6.07) is 4.68. The second kappa shape index (κ2) is 6.53. The molecule has 0 saturated heterocycles. The van der Waals surface area contributed by atoms with E-state index < -0.39 is 0 Å². The molecule has 0 amide bonds. The van der Waals surface area contributed by atoms with E-state index in [0.29, 0.717) is 11.5 Å². The van der Waals surface area contributed by atoms with Crippen molar-refractivity contribution in [2.45, 2.75) is 53.1 Å². The molecule has 0 radical (unpaired) electrons. The third-order valence-electron chi connectivity index (χ3n) is 2.66. The van der Waals surface area contributed by atoms with Gasteiger partial charge >= 0.3 is 0 Å². The van der Waals surface area contributed by atoms with Crippen molar-refractivity contribution in [1.82, 2.24) is 5.32 Å². The molecule has 0 aliphatic carbocycles. The quantitative estimate of drug-likeness (QED) is 0.764. The molecule has 1 heterocycles. The van der Waals surface area contributed by atoms with Gasteiger partial charge in [-0.25, -0.2) is 0 Å². The molecule has 3 N–H and O–H groups in total. The van der Waals surface area contributed by atoms with Gasteiger partial charge in [-0.1, -0.05) is 20.8 Å². The van der Waals surface area contributed by atoms with Gasteiger partial charge in [0.2, 0.25) is 0 Å². The highest BCUT2D eigenvalue weighted by molar-refractivity contribution is 7.11. The SMILES string of the molecule is Cc1ccc(CNCCC(N)CC(C)(C)C)s1. The summed E-state index contributed by atoms with van der Waals surface area (Å²) in [7, 11) is 0. The van der Waals surface area contributed by atoms with Gasteiger partial charge in [0.05, 0.1) is 0 Å². The highest BCUT2D eigenvalue weighted by Crippen LogP contribution is 2.20. The van der Waals surface area contributed by atoms with E-state index in [2.05, 4.69) is 45.1 Å². The van der Waals surface area contributed by atoms with Gasteiger partial charge in [-0.3, -0.25) is 0 Å². The van der Waals surface area contributed by atoms with Crippen molar-refractivity contribution in [1.29, 1.82) is 0 Å². The monoisotopic (exact) mass is 254 g/mol. The Bertz CT molecular complexity index is 325. The van der Waals surface area contributed by atoms with Crippen LogP contribution in [0.4, 0.5) is 0 Å². The van der Waals surface area contributed by atoms with E-state index >= 15 is 0 Å². The average Bonchev–Trinajstić information content (AvgIpc) is 2.56. The lowest BCUT2D eigenvalue weighted by Gasteiger charge is -2.23. The van der Waals surface area contributed by atoms with Crippen LogP contribution in [-0.4, -0.2) is 12.6 Å². The molecule has 0 aliphatic heterocycles. The third-order valence-corrected chi connectivity index (χ3v) is 3.66. The Morgan fingerprint density at radius 1 is 1.35 bits per heavy atom. The predicted molar refractivity (Wildman–Crippen MR) is 77.4 cm³/mol. The first-order valence-corrected chi connectivity index (χ1v) is 7.20. The Balaban J connectivity index is 2.12. The summed E-state index contributed by atoms with van der Waals surface area (Å²) in [6.45, 7) is 10.9. The zero-order valence-electron chi connectivity index (χ0n) is 11.5. The van der Waals surface area contributed by atoms with Crippen LogP contribution >= 0.6 is 11.3 Å². The standard InChI is InChI=1S/C14H26N2S/c1-11-5-6-13(17-11)10-16-8-7-12(15)9-14(2,3)4/h5-6,12,16H,7-10,15H2,1-4H3. The van der Waals surface area contributed by atoms with Crippen molar-refractivity contribution < 1.29 is 0 Å². The smallest absolute Gasteiger partial charge is 0.0299 e. The minimum Gasteiger partial charge on any atom is -0.328 e. The zero-order valence-corrected chi connectivity index (χ0v) is 12.4. The van der Waals surface area contributed by atoms with E-state index in [1.807, 2.05) is 11.3 Å². The van der Waals surface area contributed by atoms with Gasteiger partial charge in [-0.15, -0.1) is 11.3 Å². The molecule has 0 bridgehead atoms. The van der Waals surface area contributed by atoms with Crippen molar-refractivity contribution in [2.75, 3.05) is 6.54 Å². The van der Waals surface area contributed by atoms with Crippen molar-refractivity contribution in [2.24, 2.45) is 11.1 Å². The van der Waals surface area contributed by atoms with E-state index in [9.17, 15) is 0 Å². The van der Waals surface area contributed by atoms with E-state index in [1.165, 1.54) is 9.75 Å². The topological polar surface area (TPSA) is 38.0 Å². The zero-order chi connectivity index (χ0) is 12.9. The lowest BCUT2D eigenvalue weighted by atomic mass is 9.87. The van der Waals surface area contributed by atoms with Crippen LogP contribution in [0.15, 0.2) is 12.1 Å². The van der Waals surface area contributed by atoms with Gasteiger partial charge in [0.1, 0.15) is 0 Å². The van der Waals surface area contributed by atoms with Crippen LogP contribution < -0.4 is 11.1 Å². The molecular formula is C14H26N2S. The summed E-state index contributed by atoms with van der Waals surface area (Å²) >= 11 is 1.86. The first-order valence-electron chi connectivity index (χ1n) is 6.38. The highest BCUT2D eigenvalue weighted by Gasteiger charge is 2.14. The summed E-state index contributed by atoms with van der Waals surface area (Å²) < 4.78 is 0. The van der Waals surface area contributed by atoms with Crippen LogP contribution in [0.2, 0.25) is 0 Å². The molecule has 98 valence electrons. The maximum atomic E-state index is 6.11. The molecule has 1 rings (SSSR count). The number of hydrogen-bond acceptors (Lipinski definition) is 3. The maximum Gasteiger partial charge on any atom is 0.0299 e. The molecule has 1 aromatic heterocycles. The van der Waals surface area contributed by atoms with Crippen molar-refractivity contribution in [3.05, 3.63) is 21.9 Å². The van der Waals surface area contributed by atoms with Crippen molar-refractivity contribution in [3.63, 3.8) is 0 Å². The molecule has 0 spiro atoms. The molecule has 1 atom stereocenters. The van der Waals surface area contributed by atoms with Crippen LogP contribution in [0, 0.1) is 12.3 Å². The summed E-state index contributed by atoms with van der Waals surface area (Å²) in [5.74, 6) is 0. The molecular weight excluding hydrogens is 228 g/mol. The Labute approximate surface area is 110 Å². The summed E-state index contributed by atoms with van der Waals surface area (Å²) in [4.78, 5) is 2.79.